The number of nitrogens with one attached hydrogen (secondary N) is 5. The van der Waals surface area contributed by atoms with E-state index in [9.17, 15) is 80.5 Å². The van der Waals surface area contributed by atoms with Crippen LogP contribution in [0.25, 0.3) is 0 Å². The summed E-state index contributed by atoms with van der Waals surface area (Å²) in [5, 5.41) is 172. The molecular weight excluding hydrogens is 1690 g/mol. The van der Waals surface area contributed by atoms with Crippen LogP contribution in [0.4, 0.5) is 0 Å². The Labute approximate surface area is 722 Å². The second kappa shape index (κ2) is 54.8. The van der Waals surface area contributed by atoms with E-state index in [1.807, 2.05) is 23.1 Å². The Morgan fingerprint density at radius 3 is 1.31 bits per heavy atom. The highest BCUT2D eigenvalue weighted by Gasteiger charge is 2.48. The Balaban J connectivity index is 0.965. The SMILES string of the molecule is CC(=O)NC(O)C(OCCOCCn1cc(CN(CCCC[C@H](C(=O)NCCSSc2ccccn2)N(Cc2cn(CCOCCOC3OC(CO)C(O)C(O)C3NC(C)=O)nn2)Cc2cn(CCOCCOC3OC(CO)C(O)C(O)C3NC(C)=O)nn2)Cc2cn(CCOCCOC3OC(CO)C(O)C(O)C3NC(C)=O)nn2)nn1)OC(CO)C(C)O. The molecule has 5 aromatic heterocycles. The lowest BCUT2D eigenvalue weighted by atomic mass is 9.97. The smallest absolute Gasteiger partial charge is 0.237 e. The van der Waals surface area contributed by atoms with Gasteiger partial charge in [-0.05, 0) is 49.2 Å². The van der Waals surface area contributed by atoms with Crippen molar-refractivity contribution in [2.24, 2.45) is 0 Å². The highest BCUT2D eigenvalue weighted by Crippen LogP contribution is 2.30. The highest BCUT2D eigenvalue weighted by atomic mass is 33.1. The molecule has 5 aromatic rings. The lowest BCUT2D eigenvalue weighted by Crippen LogP contribution is -2.64. The Bertz CT molecular complexity index is 3770. The number of hydrogen-bond donors (Lipinski definition) is 17. The molecule has 0 spiro atoms. The van der Waals surface area contributed by atoms with Gasteiger partial charge < -0.3 is 145 Å². The van der Waals surface area contributed by atoms with Crippen molar-refractivity contribution in [1.29, 1.82) is 0 Å². The normalized spacial score (nSPS) is 24.2. The van der Waals surface area contributed by atoms with E-state index in [1.165, 1.54) is 56.2 Å². The van der Waals surface area contributed by atoms with Crippen LogP contribution >= 0.6 is 21.6 Å². The standard InChI is InChI=1S/C73H120N20O29S2/c1-44(98)54(40-94)119-73(69(110)79-48(5)102)118-30-26-114-20-16-91-37-50(81-85-91)33-88(32-49-36-90(84-80-49)15-19-111-23-27-115-70-59(76-45(2)99)65(106)62(103)55(41-95)120-70)14-9-7-10-53(68(109)75-13-31-123-124-58-11-6-8-12-74-58)89(34-51-38-92(86-82-51)17-21-112-24-28-116-71-60(77-46(3)100)66(107)63(104)56(42-96)121-71)35-52-39-93(87-83-52)18-22-113-25-29-117-72-61(78-47(4)101)67(108)64(105)57(43-97)122-72/h6,8,11-12,36-39,44,53-57,59-67,69-73,94-98,103-108,110H,7,9-10,13-35,40-43H2,1-5H3,(H,75,109)(H,76,99)(H,77,100)(H,78,101)(H,79,102)/t44?,53-,54?,55?,56?,57?,59?,60?,61?,62?,63?,64?,65?,66?,67?,69?,70?,71?,72?,73?/m1/s1. The van der Waals surface area contributed by atoms with Crippen molar-refractivity contribution in [3.63, 3.8) is 0 Å². The molecular formula is C73H120N20O29S2. The van der Waals surface area contributed by atoms with Crippen LogP contribution in [0.2, 0.25) is 0 Å². The van der Waals surface area contributed by atoms with Gasteiger partial charge in [0.2, 0.25) is 35.8 Å². The van der Waals surface area contributed by atoms with Crippen LogP contribution < -0.4 is 26.6 Å². The van der Waals surface area contributed by atoms with Gasteiger partial charge in [-0.1, -0.05) is 44.1 Å². The monoisotopic (exact) mass is 1800 g/mol. The maximum atomic E-state index is 15.1. The van der Waals surface area contributed by atoms with Crippen LogP contribution in [-0.2, 0) is 133 Å². The molecule has 8 heterocycles. The lowest BCUT2D eigenvalue weighted by Gasteiger charge is -2.42. The van der Waals surface area contributed by atoms with Gasteiger partial charge in [0.15, 0.2) is 25.1 Å². The number of aliphatic hydroxyl groups is 12. The minimum absolute atomic E-state index is 0.00262. The Hall–Kier alpha value is -7.28. The number of aromatic nitrogens is 13. The van der Waals surface area contributed by atoms with E-state index in [2.05, 4.69) is 77.7 Å². The molecule has 5 amide bonds. The van der Waals surface area contributed by atoms with Gasteiger partial charge in [-0.3, -0.25) is 33.8 Å². The fourth-order valence-corrected chi connectivity index (χ4v) is 15.0. The fraction of sp³-hybridized carbons (Fsp3) is 0.753. The van der Waals surface area contributed by atoms with Crippen LogP contribution in [0.3, 0.4) is 0 Å². The Kier molecular flexibility index (Phi) is 45.1. The third kappa shape index (κ3) is 34.4. The molecule has 8 rings (SSSR count). The van der Waals surface area contributed by atoms with Crippen molar-refractivity contribution >= 4 is 51.1 Å². The molecule has 0 aliphatic carbocycles. The highest BCUT2D eigenvalue weighted by molar-refractivity contribution is 8.76. The number of amides is 5. The minimum atomic E-state index is -1.63. The molecule has 20 atom stereocenters. The largest absolute Gasteiger partial charge is 0.394 e. The average molecular weight is 1810 g/mol. The zero-order valence-corrected chi connectivity index (χ0v) is 71.3. The van der Waals surface area contributed by atoms with Gasteiger partial charge >= 0.3 is 0 Å². The maximum Gasteiger partial charge on any atom is 0.237 e. The molecule has 17 N–H and O–H groups in total. The Morgan fingerprint density at radius 1 is 0.524 bits per heavy atom. The van der Waals surface area contributed by atoms with E-state index in [1.54, 1.807) is 49.7 Å². The molecule has 124 heavy (non-hydrogen) atoms. The minimum Gasteiger partial charge on any atom is -0.394 e. The average Bonchev–Trinajstić information content (AvgIpc) is 1.61. The molecule has 3 saturated heterocycles. The first kappa shape index (κ1) is 102. The topological polar surface area (TPSA) is 641 Å². The van der Waals surface area contributed by atoms with Gasteiger partial charge in [0.05, 0.1) is 167 Å². The lowest BCUT2D eigenvalue weighted by molar-refractivity contribution is -0.272. The number of unbranched alkanes of at least 4 members (excludes halogenated alkanes) is 1. The number of pyridine rings is 1. The summed E-state index contributed by atoms with van der Waals surface area (Å²) in [4.78, 5) is 71.2. The summed E-state index contributed by atoms with van der Waals surface area (Å²) in [6.45, 7) is 6.46. The first-order valence-corrected chi connectivity index (χ1v) is 42.9. The summed E-state index contributed by atoms with van der Waals surface area (Å²) in [6.07, 6.45) is -11.5. The van der Waals surface area contributed by atoms with Gasteiger partial charge in [0.1, 0.15) is 84.2 Å². The molecule has 0 radical (unpaired) electrons. The zero-order valence-electron chi connectivity index (χ0n) is 69.7. The molecule has 0 saturated carbocycles. The summed E-state index contributed by atoms with van der Waals surface area (Å²) < 4.78 is 75.4. The number of carbonyl (C=O) groups is 5. The third-order valence-corrected chi connectivity index (χ3v) is 21.6. The molecule has 19 unspecified atom stereocenters. The molecule has 698 valence electrons. The van der Waals surface area contributed by atoms with Gasteiger partial charge in [-0.2, -0.15) is 0 Å². The van der Waals surface area contributed by atoms with E-state index in [4.69, 9.17) is 56.8 Å². The van der Waals surface area contributed by atoms with Crippen LogP contribution in [0.15, 0.2) is 54.2 Å². The van der Waals surface area contributed by atoms with Crippen LogP contribution in [-0.4, -0.2) is 413 Å². The van der Waals surface area contributed by atoms with Crippen LogP contribution in [0, 0.1) is 0 Å². The summed E-state index contributed by atoms with van der Waals surface area (Å²) in [5.41, 5.74) is 2.11. The summed E-state index contributed by atoms with van der Waals surface area (Å²) in [7, 11) is 2.99. The summed E-state index contributed by atoms with van der Waals surface area (Å²) in [5.74, 6) is -1.87. The van der Waals surface area contributed by atoms with Crippen LogP contribution in [0.1, 0.15) is 76.7 Å². The molecule has 0 aromatic carbocycles. The summed E-state index contributed by atoms with van der Waals surface area (Å²) >= 11 is 0. The van der Waals surface area contributed by atoms with Gasteiger partial charge in [-0.25, -0.2) is 23.7 Å². The molecule has 51 heteroatoms. The maximum absolute atomic E-state index is 15.1. The Morgan fingerprint density at radius 2 is 0.935 bits per heavy atom. The third-order valence-electron chi connectivity index (χ3n) is 19.3. The molecule has 0 bridgehead atoms. The first-order chi connectivity index (χ1) is 59.7. The van der Waals surface area contributed by atoms with E-state index < -0.39 is 173 Å². The number of carbonyl (C=O) groups excluding carboxylic acids is 5. The van der Waals surface area contributed by atoms with E-state index in [0.29, 0.717) is 54.3 Å². The first-order valence-electron chi connectivity index (χ1n) is 40.6. The predicted molar refractivity (Wildman–Crippen MR) is 427 cm³/mol. The van der Waals surface area contributed by atoms with E-state index >= 15 is 4.79 Å². The van der Waals surface area contributed by atoms with Gasteiger partial charge in [-0.15, -0.1) is 20.4 Å². The molecule has 3 aliphatic heterocycles. The predicted octanol–water partition coefficient (Wildman–Crippen LogP) is -8.25. The van der Waals surface area contributed by atoms with Gasteiger partial charge in [0, 0.05) is 97.2 Å². The molecule has 3 aliphatic rings. The quantitative estimate of drug-likeness (QED) is 0.00976. The number of nitrogens with zero attached hydrogens (tertiary/aromatic N) is 15. The second-order valence-electron chi connectivity index (χ2n) is 29.2. The molecule has 3 fully saturated rings. The number of ether oxygens (including phenoxy) is 12. The van der Waals surface area contributed by atoms with Gasteiger partial charge in [0.25, 0.3) is 0 Å². The van der Waals surface area contributed by atoms with Crippen molar-refractivity contribution in [3.8, 4) is 0 Å². The number of hydrogen-bond acceptors (Lipinski definition) is 42. The molecule has 49 nitrogen and oxygen atoms in total. The van der Waals surface area contributed by atoms with Crippen molar-refractivity contribution < 1.29 is 142 Å². The van der Waals surface area contributed by atoms with Crippen molar-refractivity contribution in [1.82, 2.24) is 101 Å². The second-order valence-corrected chi connectivity index (χ2v) is 31.7. The van der Waals surface area contributed by atoms with E-state index in [-0.39, 0.29) is 144 Å². The zero-order chi connectivity index (χ0) is 89.5. The number of aliphatic hydroxyl groups excluding tert-OH is 12. The summed E-state index contributed by atoms with van der Waals surface area (Å²) in [6, 6.07) is 1.34. The number of rotatable bonds is 60. The fourth-order valence-electron chi connectivity index (χ4n) is 13.2. The van der Waals surface area contributed by atoms with Crippen molar-refractivity contribution in [2.75, 3.05) is 125 Å². The van der Waals surface area contributed by atoms with Crippen molar-refractivity contribution in [2.45, 2.75) is 234 Å². The van der Waals surface area contributed by atoms with Crippen molar-refractivity contribution in [3.05, 3.63) is 72.0 Å². The van der Waals surface area contributed by atoms with E-state index in [0.717, 1.165) is 5.03 Å². The van der Waals surface area contributed by atoms with Crippen LogP contribution in [0.5, 0.6) is 0 Å².